The van der Waals surface area contributed by atoms with Crippen LogP contribution in [-0.4, -0.2) is 29.1 Å². The SMILES string of the molecule is [N-]=[N+]=Nc1c(F)c(F)c(S(=O)(=O)CCCNS(=O)(=O)c2c(F)c(F)c(N=[N+]=[N-])c(F)c2F)c(F)c1F. The Kier molecular flexibility index (Phi) is 8.38. The molecule has 0 bridgehead atoms. The van der Waals surface area contributed by atoms with Gasteiger partial charge in [0.15, 0.2) is 61.3 Å². The molecule has 0 saturated carbocycles. The van der Waals surface area contributed by atoms with Gasteiger partial charge in [0.25, 0.3) is 0 Å². The number of hydrogen-bond donors (Lipinski definition) is 1. The Hall–Kier alpha value is -3.64. The van der Waals surface area contributed by atoms with Crippen LogP contribution in [0, 0.1) is 46.5 Å². The van der Waals surface area contributed by atoms with E-state index in [0.717, 1.165) is 0 Å². The molecule has 11 nitrogen and oxygen atoms in total. The van der Waals surface area contributed by atoms with Crippen molar-refractivity contribution >= 4 is 31.2 Å². The third kappa shape index (κ3) is 5.14. The summed E-state index contributed by atoms with van der Waals surface area (Å²) in [5.41, 5.74) is 12.7. The first-order chi connectivity index (χ1) is 16.6. The zero-order chi connectivity index (χ0) is 27.6. The third-order valence-corrected chi connectivity index (χ3v) is 7.44. The number of sulfonamides is 1. The number of benzene rings is 2. The second-order valence-corrected chi connectivity index (χ2v) is 10.1. The molecule has 36 heavy (non-hydrogen) atoms. The molecule has 2 aromatic rings. The van der Waals surface area contributed by atoms with Gasteiger partial charge in [-0.3, -0.25) is 0 Å². The molecule has 1 N–H and O–H groups in total. The van der Waals surface area contributed by atoms with E-state index in [2.05, 4.69) is 10.2 Å². The van der Waals surface area contributed by atoms with Gasteiger partial charge >= 0.3 is 0 Å². The van der Waals surface area contributed by atoms with Crippen molar-refractivity contribution in [3.8, 4) is 0 Å². The number of nitrogens with one attached hydrogen (secondary N) is 1. The second kappa shape index (κ2) is 10.5. The molecule has 0 heterocycles. The summed E-state index contributed by atoms with van der Waals surface area (Å²) in [6, 6.07) is 0. The molecular formula is C15H7F8N7O4S2. The molecule has 0 amide bonds. The van der Waals surface area contributed by atoms with Crippen molar-refractivity contribution in [2.75, 3.05) is 12.3 Å². The lowest BCUT2D eigenvalue weighted by molar-refractivity contribution is 0.420. The lowest BCUT2D eigenvalue weighted by Crippen LogP contribution is -2.29. The van der Waals surface area contributed by atoms with Gasteiger partial charge in [-0.05, 0) is 17.5 Å². The van der Waals surface area contributed by atoms with Gasteiger partial charge in [-0.25, -0.2) is 56.7 Å². The maximum absolute atomic E-state index is 14.1. The van der Waals surface area contributed by atoms with Gasteiger partial charge in [0, 0.05) is 16.4 Å². The first kappa shape index (κ1) is 28.6. The summed E-state index contributed by atoms with van der Waals surface area (Å²) in [6.45, 7) is -1.09. The van der Waals surface area contributed by atoms with Crippen LogP contribution in [0.2, 0.25) is 0 Å². The number of hydrogen-bond acceptors (Lipinski definition) is 6. The van der Waals surface area contributed by atoms with Gasteiger partial charge in [0.2, 0.25) is 10.0 Å². The van der Waals surface area contributed by atoms with Crippen molar-refractivity contribution in [1.82, 2.24) is 4.72 Å². The van der Waals surface area contributed by atoms with Gasteiger partial charge in [0.1, 0.15) is 16.3 Å². The van der Waals surface area contributed by atoms with E-state index in [9.17, 15) is 52.0 Å². The summed E-state index contributed by atoms with van der Waals surface area (Å²) in [7, 11) is -10.7. The normalized spacial score (nSPS) is 11.7. The van der Waals surface area contributed by atoms with Crippen LogP contribution in [-0.2, 0) is 19.9 Å². The molecule has 194 valence electrons. The quantitative estimate of drug-likeness (QED) is 0.114. The highest BCUT2D eigenvalue weighted by molar-refractivity contribution is 7.91. The minimum Gasteiger partial charge on any atom is -0.223 e. The van der Waals surface area contributed by atoms with E-state index in [1.54, 1.807) is 0 Å². The Morgan fingerprint density at radius 2 is 1.00 bits per heavy atom. The molecule has 0 atom stereocenters. The summed E-state index contributed by atoms with van der Waals surface area (Å²) in [5, 5.41) is 4.72. The smallest absolute Gasteiger partial charge is 0.223 e. The first-order valence-electron chi connectivity index (χ1n) is 8.68. The molecule has 0 fully saturated rings. The zero-order valence-electron chi connectivity index (χ0n) is 16.8. The predicted molar refractivity (Wildman–Crippen MR) is 102 cm³/mol. The third-order valence-electron chi connectivity index (χ3n) is 4.15. The molecule has 21 heteroatoms. The van der Waals surface area contributed by atoms with Crippen LogP contribution in [0.3, 0.4) is 0 Å². The standard InChI is InChI=1S/C15H7F8N7O4S2/c16-4-8(20)14(9(21)5(17)12(4)27-29-24)35(31,32)3-1-2-26-36(33,34)15-10(22)6(18)13(28-30-25)7(19)11(15)23/h26H,1-3H2. The molecule has 0 aliphatic rings. The zero-order valence-corrected chi connectivity index (χ0v) is 18.4. The summed E-state index contributed by atoms with van der Waals surface area (Å²) in [5.74, 6) is -20.7. The van der Waals surface area contributed by atoms with Gasteiger partial charge < -0.3 is 0 Å². The molecule has 0 radical (unpaired) electrons. The van der Waals surface area contributed by atoms with E-state index in [0.29, 0.717) is 0 Å². The highest BCUT2D eigenvalue weighted by Crippen LogP contribution is 2.34. The molecule has 2 rings (SSSR count). The maximum atomic E-state index is 14.1. The molecule has 0 aliphatic heterocycles. The molecule has 0 saturated heterocycles. The molecule has 2 aromatic carbocycles. The first-order valence-corrected chi connectivity index (χ1v) is 11.8. The predicted octanol–water partition coefficient (Wildman–Crippen LogP) is 4.83. The highest BCUT2D eigenvalue weighted by Gasteiger charge is 2.34. The fourth-order valence-corrected chi connectivity index (χ4v) is 5.28. The monoisotopic (exact) mass is 565 g/mol. The number of nitrogens with zero attached hydrogens (tertiary/aromatic N) is 6. The summed E-state index contributed by atoms with van der Waals surface area (Å²) < 4.78 is 161. The van der Waals surface area contributed by atoms with Crippen molar-refractivity contribution < 1.29 is 52.0 Å². The topological polar surface area (TPSA) is 178 Å². The van der Waals surface area contributed by atoms with Gasteiger partial charge in [-0.2, -0.15) is 0 Å². The number of azide groups is 2. The fraction of sp³-hybridized carbons (Fsp3) is 0.200. The Bertz CT molecular complexity index is 1400. The second-order valence-electron chi connectivity index (χ2n) is 6.32. The molecule has 0 aliphatic carbocycles. The van der Waals surface area contributed by atoms with Crippen LogP contribution in [0.1, 0.15) is 6.42 Å². The Morgan fingerprint density at radius 3 is 1.36 bits per heavy atom. The van der Waals surface area contributed by atoms with E-state index in [-0.39, 0.29) is 0 Å². The van der Waals surface area contributed by atoms with Crippen LogP contribution in [0.4, 0.5) is 46.5 Å². The van der Waals surface area contributed by atoms with Crippen LogP contribution in [0.15, 0.2) is 20.0 Å². The van der Waals surface area contributed by atoms with Crippen molar-refractivity contribution in [2.24, 2.45) is 10.2 Å². The van der Waals surface area contributed by atoms with E-state index < -0.39 is 106 Å². The molecular weight excluding hydrogens is 558 g/mol. The lowest BCUT2D eigenvalue weighted by atomic mass is 10.2. The Labute approximate surface area is 194 Å². The molecule has 0 spiro atoms. The van der Waals surface area contributed by atoms with E-state index >= 15 is 0 Å². The minimum atomic E-state index is -5.45. The Morgan fingerprint density at radius 1 is 0.639 bits per heavy atom. The van der Waals surface area contributed by atoms with Gasteiger partial charge in [0.05, 0.1) is 5.75 Å². The average molecular weight is 565 g/mol. The minimum absolute atomic E-state index is 0.952. The molecule has 0 aromatic heterocycles. The van der Waals surface area contributed by atoms with Crippen molar-refractivity contribution in [3.05, 3.63) is 67.4 Å². The van der Waals surface area contributed by atoms with E-state index in [4.69, 9.17) is 11.1 Å². The number of rotatable bonds is 9. The largest absolute Gasteiger partial charge is 0.246 e. The Balaban J connectivity index is 2.31. The van der Waals surface area contributed by atoms with Gasteiger partial charge in [-0.1, -0.05) is 10.2 Å². The van der Waals surface area contributed by atoms with Crippen molar-refractivity contribution in [3.63, 3.8) is 0 Å². The van der Waals surface area contributed by atoms with Crippen LogP contribution >= 0.6 is 0 Å². The summed E-state index contributed by atoms with van der Waals surface area (Å²) in [6.07, 6.45) is -0.952. The van der Waals surface area contributed by atoms with Crippen LogP contribution in [0.25, 0.3) is 20.9 Å². The van der Waals surface area contributed by atoms with E-state index in [1.165, 1.54) is 4.72 Å². The van der Waals surface area contributed by atoms with Crippen LogP contribution < -0.4 is 4.72 Å². The van der Waals surface area contributed by atoms with E-state index in [1.807, 2.05) is 9.82 Å². The number of sulfone groups is 1. The highest BCUT2D eigenvalue weighted by atomic mass is 32.2. The molecule has 0 unspecified atom stereocenters. The lowest BCUT2D eigenvalue weighted by Gasteiger charge is -2.12. The fourth-order valence-electron chi connectivity index (χ4n) is 2.62. The maximum Gasteiger partial charge on any atom is 0.246 e. The summed E-state index contributed by atoms with van der Waals surface area (Å²) in [4.78, 5) is -0.481. The van der Waals surface area contributed by atoms with Crippen LogP contribution in [0.5, 0.6) is 0 Å². The average Bonchev–Trinajstić information content (AvgIpc) is 2.79. The van der Waals surface area contributed by atoms with Crippen molar-refractivity contribution in [2.45, 2.75) is 16.2 Å². The van der Waals surface area contributed by atoms with Gasteiger partial charge in [-0.15, -0.1) is 0 Å². The van der Waals surface area contributed by atoms with Crippen molar-refractivity contribution in [1.29, 1.82) is 0 Å². The number of halogens is 8. The summed E-state index contributed by atoms with van der Waals surface area (Å²) >= 11 is 0.